The third-order valence-electron chi connectivity index (χ3n) is 4.75. The van der Waals surface area contributed by atoms with Gasteiger partial charge in [0.25, 0.3) is 0 Å². The summed E-state index contributed by atoms with van der Waals surface area (Å²) in [7, 11) is -3.72. The molecule has 1 aliphatic rings. The maximum absolute atomic E-state index is 13.3. The Balaban J connectivity index is 1.80. The molecule has 0 radical (unpaired) electrons. The third kappa shape index (κ3) is 3.43. The van der Waals surface area contributed by atoms with E-state index < -0.39 is 16.1 Å². The van der Waals surface area contributed by atoms with Crippen LogP contribution >= 0.6 is 11.6 Å². The summed E-state index contributed by atoms with van der Waals surface area (Å²) in [6, 6.07) is 7.70. The maximum atomic E-state index is 13.3. The highest BCUT2D eigenvalue weighted by atomic mass is 35.5. The summed E-state index contributed by atoms with van der Waals surface area (Å²) in [4.78, 5) is 9.03. The molecule has 3 aromatic rings. The first-order valence-corrected chi connectivity index (χ1v) is 10.7. The molecule has 1 saturated heterocycles. The molecule has 0 bridgehead atoms. The van der Waals surface area contributed by atoms with Crippen LogP contribution in [0.25, 0.3) is 11.3 Å². The standard InChI is InChI=1S/C19H19ClN4O3S/c1-12-9-18(27-23-12)16-11-21-13(2)22-19(16)17-7-4-8-24(17)28(25,26)15-6-3-5-14(20)10-15/h3,5-6,9-11,17H,4,7-8H2,1-2H3. The second-order valence-electron chi connectivity index (χ2n) is 6.78. The van der Waals surface area contributed by atoms with Crippen molar-refractivity contribution in [2.75, 3.05) is 6.54 Å². The SMILES string of the molecule is Cc1cc(-c2cnc(C)nc2C2CCCN2S(=O)(=O)c2cccc(Cl)c2)on1. The summed E-state index contributed by atoms with van der Waals surface area (Å²) in [5.74, 6) is 1.10. The summed E-state index contributed by atoms with van der Waals surface area (Å²) >= 11 is 6.02. The molecule has 1 atom stereocenters. The van der Waals surface area contributed by atoms with E-state index in [1.165, 1.54) is 10.4 Å². The van der Waals surface area contributed by atoms with Crippen molar-refractivity contribution in [1.82, 2.24) is 19.4 Å². The largest absolute Gasteiger partial charge is 0.356 e. The molecule has 4 rings (SSSR count). The number of nitrogens with zero attached hydrogens (tertiary/aromatic N) is 4. The number of hydrogen-bond donors (Lipinski definition) is 0. The Hall–Kier alpha value is -2.29. The number of hydrogen-bond acceptors (Lipinski definition) is 6. The quantitative estimate of drug-likeness (QED) is 0.637. The summed E-state index contributed by atoms with van der Waals surface area (Å²) in [6.07, 6.45) is 3.07. The van der Waals surface area contributed by atoms with E-state index in [-0.39, 0.29) is 4.90 Å². The molecular formula is C19H19ClN4O3S. The van der Waals surface area contributed by atoms with Gasteiger partial charge in [-0.15, -0.1) is 0 Å². The number of halogens is 1. The fourth-order valence-electron chi connectivity index (χ4n) is 3.49. The van der Waals surface area contributed by atoms with Crippen LogP contribution in [-0.2, 0) is 10.0 Å². The van der Waals surface area contributed by atoms with Gasteiger partial charge in [-0.05, 0) is 44.9 Å². The molecule has 0 spiro atoms. The lowest BCUT2D eigenvalue weighted by Crippen LogP contribution is -2.31. The third-order valence-corrected chi connectivity index (χ3v) is 6.89. The zero-order chi connectivity index (χ0) is 19.9. The van der Waals surface area contributed by atoms with E-state index in [1.54, 1.807) is 37.4 Å². The highest BCUT2D eigenvalue weighted by molar-refractivity contribution is 7.89. The van der Waals surface area contributed by atoms with Crippen molar-refractivity contribution >= 4 is 21.6 Å². The first-order valence-electron chi connectivity index (χ1n) is 8.91. The first kappa shape index (κ1) is 19.0. The van der Waals surface area contributed by atoms with E-state index in [2.05, 4.69) is 15.1 Å². The highest BCUT2D eigenvalue weighted by Gasteiger charge is 2.38. The smallest absolute Gasteiger partial charge is 0.243 e. The van der Waals surface area contributed by atoms with Crippen LogP contribution in [0.3, 0.4) is 0 Å². The Labute approximate surface area is 168 Å². The molecule has 1 aliphatic heterocycles. The van der Waals surface area contributed by atoms with E-state index in [0.29, 0.717) is 40.8 Å². The molecule has 0 saturated carbocycles. The average molecular weight is 419 g/mol. The summed E-state index contributed by atoms with van der Waals surface area (Å²) in [5.41, 5.74) is 2.02. The van der Waals surface area contributed by atoms with Crippen molar-refractivity contribution < 1.29 is 12.9 Å². The van der Waals surface area contributed by atoms with E-state index in [1.807, 2.05) is 6.92 Å². The monoisotopic (exact) mass is 418 g/mol. The van der Waals surface area contributed by atoms with Gasteiger partial charge in [0.15, 0.2) is 5.76 Å². The molecule has 1 aromatic carbocycles. The number of rotatable bonds is 4. The summed E-state index contributed by atoms with van der Waals surface area (Å²) in [5, 5.41) is 4.31. The molecule has 0 amide bonds. The van der Waals surface area contributed by atoms with Gasteiger partial charge in [0.1, 0.15) is 5.82 Å². The highest BCUT2D eigenvalue weighted by Crippen LogP contribution is 2.40. The molecule has 28 heavy (non-hydrogen) atoms. The van der Waals surface area contributed by atoms with Gasteiger partial charge >= 0.3 is 0 Å². The molecule has 0 N–H and O–H groups in total. The predicted octanol–water partition coefficient (Wildman–Crippen LogP) is 3.93. The Bertz CT molecular complexity index is 1130. The van der Waals surface area contributed by atoms with Crippen molar-refractivity contribution in [3.63, 3.8) is 0 Å². The van der Waals surface area contributed by atoms with Gasteiger partial charge in [0, 0.05) is 23.8 Å². The number of aromatic nitrogens is 3. The van der Waals surface area contributed by atoms with Gasteiger partial charge < -0.3 is 4.52 Å². The first-order chi connectivity index (χ1) is 13.4. The molecule has 3 heterocycles. The van der Waals surface area contributed by atoms with Crippen LogP contribution in [-0.4, -0.2) is 34.4 Å². The van der Waals surface area contributed by atoms with Crippen molar-refractivity contribution in [3.8, 4) is 11.3 Å². The van der Waals surface area contributed by atoms with Gasteiger partial charge in [-0.3, -0.25) is 0 Å². The molecular weight excluding hydrogens is 400 g/mol. The molecule has 2 aromatic heterocycles. The van der Waals surface area contributed by atoms with Crippen molar-refractivity contribution in [2.45, 2.75) is 37.6 Å². The maximum Gasteiger partial charge on any atom is 0.243 e. The molecule has 1 fully saturated rings. The Morgan fingerprint density at radius 1 is 1.25 bits per heavy atom. The normalized spacial score (nSPS) is 17.9. The number of aryl methyl sites for hydroxylation is 2. The lowest BCUT2D eigenvalue weighted by Gasteiger charge is -2.25. The van der Waals surface area contributed by atoms with Gasteiger partial charge in [0.2, 0.25) is 10.0 Å². The summed E-state index contributed by atoms with van der Waals surface area (Å²) < 4.78 is 33.5. The number of benzene rings is 1. The van der Waals surface area contributed by atoms with E-state index in [4.69, 9.17) is 16.1 Å². The molecule has 1 unspecified atom stereocenters. The van der Waals surface area contributed by atoms with Gasteiger partial charge in [0.05, 0.1) is 27.9 Å². The van der Waals surface area contributed by atoms with E-state index in [0.717, 1.165) is 12.1 Å². The van der Waals surface area contributed by atoms with E-state index >= 15 is 0 Å². The van der Waals surface area contributed by atoms with Gasteiger partial charge in [-0.2, -0.15) is 4.31 Å². The van der Waals surface area contributed by atoms with Crippen LogP contribution in [0.1, 0.15) is 36.1 Å². The average Bonchev–Trinajstić information content (AvgIpc) is 3.31. The van der Waals surface area contributed by atoms with Gasteiger partial charge in [-0.1, -0.05) is 22.8 Å². The van der Waals surface area contributed by atoms with Crippen LogP contribution in [0.5, 0.6) is 0 Å². The van der Waals surface area contributed by atoms with Crippen LogP contribution in [0, 0.1) is 13.8 Å². The van der Waals surface area contributed by atoms with Crippen LogP contribution in [0.4, 0.5) is 0 Å². The van der Waals surface area contributed by atoms with Gasteiger partial charge in [-0.25, -0.2) is 18.4 Å². The molecule has 7 nitrogen and oxygen atoms in total. The second kappa shape index (κ2) is 7.27. The molecule has 9 heteroatoms. The Kier molecular flexibility index (Phi) is 4.95. The minimum Gasteiger partial charge on any atom is -0.356 e. The van der Waals surface area contributed by atoms with Crippen molar-refractivity contribution in [3.05, 3.63) is 58.8 Å². The molecule has 146 valence electrons. The minimum absolute atomic E-state index is 0.176. The Morgan fingerprint density at radius 2 is 2.07 bits per heavy atom. The van der Waals surface area contributed by atoms with E-state index in [9.17, 15) is 8.42 Å². The predicted molar refractivity (Wildman–Crippen MR) is 104 cm³/mol. The second-order valence-corrected chi connectivity index (χ2v) is 9.11. The fraction of sp³-hybridized carbons (Fsp3) is 0.316. The number of sulfonamides is 1. The van der Waals surface area contributed by atoms with Crippen molar-refractivity contribution in [2.24, 2.45) is 0 Å². The zero-order valence-electron chi connectivity index (χ0n) is 15.5. The van der Waals surface area contributed by atoms with Crippen LogP contribution in [0.2, 0.25) is 5.02 Å². The topological polar surface area (TPSA) is 89.2 Å². The molecule has 0 aliphatic carbocycles. The van der Waals surface area contributed by atoms with Crippen molar-refractivity contribution in [1.29, 1.82) is 0 Å². The lowest BCUT2D eigenvalue weighted by atomic mass is 10.0. The van der Waals surface area contributed by atoms with Crippen LogP contribution < -0.4 is 0 Å². The minimum atomic E-state index is -3.72. The lowest BCUT2D eigenvalue weighted by molar-refractivity contribution is 0.387. The van der Waals surface area contributed by atoms with Crippen LogP contribution in [0.15, 0.2) is 45.9 Å². The Morgan fingerprint density at radius 3 is 2.79 bits per heavy atom. The fourth-order valence-corrected chi connectivity index (χ4v) is 5.45. The zero-order valence-corrected chi connectivity index (χ0v) is 17.0. The summed E-state index contributed by atoms with van der Waals surface area (Å²) in [6.45, 7) is 4.02.